The summed E-state index contributed by atoms with van der Waals surface area (Å²) in [5.41, 5.74) is 7.47. The van der Waals surface area contributed by atoms with E-state index in [1.54, 1.807) is 0 Å². The lowest BCUT2D eigenvalue weighted by Gasteiger charge is -2.25. The summed E-state index contributed by atoms with van der Waals surface area (Å²) in [6.45, 7) is 4.21. The minimum Gasteiger partial charge on any atom is -0.325 e. The highest BCUT2D eigenvalue weighted by molar-refractivity contribution is 6.31. The SMILES string of the molecule is CC(c1ccccc1Cl)N(C)CCn1cc(CN)nn1. The van der Waals surface area contributed by atoms with Gasteiger partial charge in [0.15, 0.2) is 0 Å². The van der Waals surface area contributed by atoms with Gasteiger partial charge >= 0.3 is 0 Å². The van der Waals surface area contributed by atoms with Gasteiger partial charge in [0.2, 0.25) is 0 Å². The number of rotatable bonds is 6. The standard InChI is InChI=1S/C14H20ClN5/c1-11(13-5-3-4-6-14(13)15)19(2)7-8-20-10-12(9-16)17-18-20/h3-6,10-11H,7-9,16H2,1-2H3. The minimum atomic E-state index is 0.251. The van der Waals surface area contributed by atoms with E-state index in [9.17, 15) is 0 Å². The minimum absolute atomic E-state index is 0.251. The van der Waals surface area contributed by atoms with Crippen LogP contribution >= 0.6 is 11.6 Å². The molecule has 5 nitrogen and oxygen atoms in total. The van der Waals surface area contributed by atoms with Gasteiger partial charge in [0.25, 0.3) is 0 Å². The number of hydrogen-bond acceptors (Lipinski definition) is 4. The molecule has 108 valence electrons. The lowest BCUT2D eigenvalue weighted by molar-refractivity contribution is 0.246. The molecule has 1 unspecified atom stereocenters. The summed E-state index contributed by atoms with van der Waals surface area (Å²) < 4.78 is 1.82. The summed E-state index contributed by atoms with van der Waals surface area (Å²) in [5, 5.41) is 8.82. The molecule has 2 rings (SSSR count). The predicted molar refractivity (Wildman–Crippen MR) is 80.4 cm³/mol. The molecule has 0 bridgehead atoms. The normalized spacial score (nSPS) is 12.8. The number of halogens is 1. The van der Waals surface area contributed by atoms with Gasteiger partial charge in [-0.3, -0.25) is 9.58 Å². The van der Waals surface area contributed by atoms with E-state index in [0.717, 1.165) is 29.4 Å². The van der Waals surface area contributed by atoms with Crippen LogP contribution in [0.3, 0.4) is 0 Å². The van der Waals surface area contributed by atoms with Crippen molar-refractivity contribution in [3.63, 3.8) is 0 Å². The quantitative estimate of drug-likeness (QED) is 0.886. The number of hydrogen-bond donors (Lipinski definition) is 1. The summed E-state index contributed by atoms with van der Waals surface area (Å²) >= 11 is 6.23. The van der Waals surface area contributed by atoms with Crippen molar-refractivity contribution in [1.29, 1.82) is 0 Å². The molecule has 0 saturated carbocycles. The third-order valence-corrected chi connectivity index (χ3v) is 3.84. The molecule has 0 aliphatic heterocycles. The van der Waals surface area contributed by atoms with Gasteiger partial charge in [-0.05, 0) is 25.6 Å². The van der Waals surface area contributed by atoms with Gasteiger partial charge in [0.1, 0.15) is 0 Å². The van der Waals surface area contributed by atoms with E-state index in [-0.39, 0.29) is 6.04 Å². The first kappa shape index (κ1) is 15.0. The molecule has 0 saturated heterocycles. The van der Waals surface area contributed by atoms with Gasteiger partial charge in [-0.15, -0.1) is 5.10 Å². The summed E-state index contributed by atoms with van der Waals surface area (Å²) in [4.78, 5) is 2.24. The van der Waals surface area contributed by atoms with Crippen LogP contribution in [0.4, 0.5) is 0 Å². The second kappa shape index (κ2) is 6.83. The molecule has 6 heteroatoms. The van der Waals surface area contributed by atoms with Crippen molar-refractivity contribution in [3.8, 4) is 0 Å². The Morgan fingerprint density at radius 2 is 2.15 bits per heavy atom. The predicted octanol–water partition coefficient (Wildman–Crippen LogP) is 2.08. The molecule has 1 atom stereocenters. The third kappa shape index (κ3) is 3.56. The zero-order valence-electron chi connectivity index (χ0n) is 11.8. The summed E-state index contributed by atoms with van der Waals surface area (Å²) in [7, 11) is 2.08. The number of aromatic nitrogens is 3. The van der Waals surface area contributed by atoms with Gasteiger partial charge in [-0.1, -0.05) is 35.0 Å². The molecule has 1 heterocycles. The second-order valence-electron chi connectivity index (χ2n) is 4.86. The average Bonchev–Trinajstić information content (AvgIpc) is 2.92. The van der Waals surface area contributed by atoms with Crippen LogP contribution in [0, 0.1) is 0 Å². The van der Waals surface area contributed by atoms with Crippen LogP contribution in [0.1, 0.15) is 24.2 Å². The number of nitrogens with two attached hydrogens (primary N) is 1. The molecule has 0 aliphatic rings. The Morgan fingerprint density at radius 3 is 2.80 bits per heavy atom. The van der Waals surface area contributed by atoms with Crippen molar-refractivity contribution in [1.82, 2.24) is 19.9 Å². The fraction of sp³-hybridized carbons (Fsp3) is 0.429. The Morgan fingerprint density at radius 1 is 1.40 bits per heavy atom. The molecule has 0 radical (unpaired) electrons. The first-order valence-electron chi connectivity index (χ1n) is 6.65. The maximum absolute atomic E-state index is 6.23. The van der Waals surface area contributed by atoms with E-state index < -0.39 is 0 Å². The smallest absolute Gasteiger partial charge is 0.0962 e. The van der Waals surface area contributed by atoms with Crippen LogP contribution in [-0.4, -0.2) is 33.5 Å². The highest BCUT2D eigenvalue weighted by Gasteiger charge is 2.14. The van der Waals surface area contributed by atoms with Crippen LogP contribution in [0.25, 0.3) is 0 Å². The van der Waals surface area contributed by atoms with E-state index in [1.165, 1.54) is 0 Å². The van der Waals surface area contributed by atoms with Crippen molar-refractivity contribution >= 4 is 11.6 Å². The molecule has 2 aromatic rings. The maximum Gasteiger partial charge on any atom is 0.0962 e. The molecular weight excluding hydrogens is 274 g/mol. The molecule has 1 aromatic carbocycles. The zero-order chi connectivity index (χ0) is 14.5. The fourth-order valence-corrected chi connectivity index (χ4v) is 2.34. The topological polar surface area (TPSA) is 60.0 Å². The largest absolute Gasteiger partial charge is 0.325 e. The molecule has 2 N–H and O–H groups in total. The van der Waals surface area contributed by atoms with Crippen molar-refractivity contribution < 1.29 is 0 Å². The fourth-order valence-electron chi connectivity index (χ4n) is 2.05. The average molecular weight is 294 g/mol. The Balaban J connectivity index is 1.94. The third-order valence-electron chi connectivity index (χ3n) is 3.49. The second-order valence-corrected chi connectivity index (χ2v) is 5.26. The Bertz CT molecular complexity index is 554. The summed E-state index contributed by atoms with van der Waals surface area (Å²) in [6, 6.07) is 8.19. The molecule has 0 amide bonds. The lowest BCUT2D eigenvalue weighted by Crippen LogP contribution is -2.26. The summed E-state index contributed by atoms with van der Waals surface area (Å²) in [6.07, 6.45) is 1.88. The van der Waals surface area contributed by atoms with Crippen molar-refractivity contribution in [2.24, 2.45) is 5.73 Å². The van der Waals surface area contributed by atoms with E-state index in [2.05, 4.69) is 35.2 Å². The number of nitrogens with zero attached hydrogens (tertiary/aromatic N) is 4. The first-order chi connectivity index (χ1) is 9.61. The van der Waals surface area contributed by atoms with Gasteiger partial charge in [0, 0.05) is 30.4 Å². The Hall–Kier alpha value is -1.43. The highest BCUT2D eigenvalue weighted by atomic mass is 35.5. The molecule has 0 fully saturated rings. The van der Waals surface area contributed by atoms with E-state index in [1.807, 2.05) is 29.1 Å². The molecule has 1 aromatic heterocycles. The monoisotopic (exact) mass is 293 g/mol. The van der Waals surface area contributed by atoms with Crippen molar-refractivity contribution in [2.45, 2.75) is 26.1 Å². The highest BCUT2D eigenvalue weighted by Crippen LogP contribution is 2.25. The molecule has 20 heavy (non-hydrogen) atoms. The van der Waals surface area contributed by atoms with Crippen molar-refractivity contribution in [2.75, 3.05) is 13.6 Å². The van der Waals surface area contributed by atoms with Crippen LogP contribution in [0.2, 0.25) is 5.02 Å². The van der Waals surface area contributed by atoms with Crippen LogP contribution < -0.4 is 5.73 Å². The van der Waals surface area contributed by atoms with Crippen LogP contribution in [0.15, 0.2) is 30.5 Å². The molecular formula is C14H20ClN5. The zero-order valence-corrected chi connectivity index (χ0v) is 12.6. The van der Waals surface area contributed by atoms with Gasteiger partial charge < -0.3 is 5.73 Å². The molecule has 0 aliphatic carbocycles. The summed E-state index contributed by atoms with van der Waals surface area (Å²) in [5.74, 6) is 0. The first-order valence-corrected chi connectivity index (χ1v) is 7.03. The van der Waals surface area contributed by atoms with Crippen molar-refractivity contribution in [3.05, 3.63) is 46.7 Å². The Labute approximate surface area is 124 Å². The van der Waals surface area contributed by atoms with Gasteiger partial charge in [-0.25, -0.2) is 0 Å². The van der Waals surface area contributed by atoms with E-state index in [4.69, 9.17) is 17.3 Å². The lowest BCUT2D eigenvalue weighted by atomic mass is 10.1. The number of likely N-dealkylation sites (N-methyl/N-ethyl adjacent to an activating group) is 1. The van der Waals surface area contributed by atoms with Gasteiger partial charge in [-0.2, -0.15) is 0 Å². The molecule has 0 spiro atoms. The maximum atomic E-state index is 6.23. The van der Waals surface area contributed by atoms with Crippen LogP contribution in [0.5, 0.6) is 0 Å². The Kier molecular flexibility index (Phi) is 5.11. The van der Waals surface area contributed by atoms with Crippen LogP contribution in [-0.2, 0) is 13.1 Å². The van der Waals surface area contributed by atoms with Gasteiger partial charge in [0.05, 0.1) is 12.2 Å². The number of benzene rings is 1. The van der Waals surface area contributed by atoms with E-state index >= 15 is 0 Å². The van der Waals surface area contributed by atoms with E-state index in [0.29, 0.717) is 6.54 Å².